The standard InChI is InChI=1S/C20H21F3N2O5S2/c1-13(2)31(27,28)15-5-3-14(4-6-15)20(26)24-9-11-25(12-10-24)32(29,30)17-8-7-16(21)18(22)19(17)23/h3-8,13H,9-12H2,1-2H3. The number of carbonyl (C=O) groups is 1. The van der Waals surface area contributed by atoms with Crippen LogP contribution in [0, 0.1) is 17.5 Å². The largest absolute Gasteiger partial charge is 0.336 e. The van der Waals surface area contributed by atoms with Crippen molar-refractivity contribution in [3.8, 4) is 0 Å². The van der Waals surface area contributed by atoms with Crippen molar-refractivity contribution >= 4 is 25.8 Å². The number of halogens is 3. The molecule has 0 unspecified atom stereocenters. The Morgan fingerprint density at radius 3 is 1.94 bits per heavy atom. The molecule has 1 heterocycles. The van der Waals surface area contributed by atoms with E-state index in [9.17, 15) is 34.8 Å². The first-order valence-corrected chi connectivity index (χ1v) is 12.6. The van der Waals surface area contributed by atoms with E-state index >= 15 is 0 Å². The summed E-state index contributed by atoms with van der Waals surface area (Å²) in [6.07, 6.45) is 0. The van der Waals surface area contributed by atoms with Crippen molar-refractivity contribution in [2.24, 2.45) is 0 Å². The third-order valence-electron chi connectivity index (χ3n) is 5.19. The molecule has 32 heavy (non-hydrogen) atoms. The van der Waals surface area contributed by atoms with E-state index in [1.54, 1.807) is 13.8 Å². The van der Waals surface area contributed by atoms with Crippen LogP contribution in [-0.4, -0.2) is 63.4 Å². The van der Waals surface area contributed by atoms with Gasteiger partial charge in [-0.25, -0.2) is 30.0 Å². The van der Waals surface area contributed by atoms with Crippen LogP contribution in [-0.2, 0) is 19.9 Å². The molecule has 2 aromatic rings. The van der Waals surface area contributed by atoms with E-state index in [1.165, 1.54) is 29.2 Å². The molecule has 1 amide bonds. The minimum Gasteiger partial charge on any atom is -0.336 e. The summed E-state index contributed by atoms with van der Waals surface area (Å²) in [5, 5.41) is -0.613. The lowest BCUT2D eigenvalue weighted by molar-refractivity contribution is 0.0697. The van der Waals surface area contributed by atoms with Gasteiger partial charge in [0.05, 0.1) is 10.1 Å². The van der Waals surface area contributed by atoms with Gasteiger partial charge in [-0.3, -0.25) is 4.79 Å². The molecule has 2 aromatic carbocycles. The molecule has 7 nitrogen and oxygen atoms in total. The Morgan fingerprint density at radius 1 is 0.844 bits per heavy atom. The van der Waals surface area contributed by atoms with Crippen molar-refractivity contribution in [1.82, 2.24) is 9.21 Å². The summed E-state index contributed by atoms with van der Waals surface area (Å²) in [6, 6.07) is 6.65. The molecule has 1 saturated heterocycles. The van der Waals surface area contributed by atoms with Gasteiger partial charge >= 0.3 is 0 Å². The highest BCUT2D eigenvalue weighted by molar-refractivity contribution is 7.92. The van der Waals surface area contributed by atoms with Crippen molar-refractivity contribution in [3.63, 3.8) is 0 Å². The molecule has 0 radical (unpaired) electrons. The van der Waals surface area contributed by atoms with E-state index in [4.69, 9.17) is 0 Å². The molecular formula is C20H21F3N2O5S2. The van der Waals surface area contributed by atoms with Crippen molar-refractivity contribution in [3.05, 3.63) is 59.4 Å². The van der Waals surface area contributed by atoms with Gasteiger partial charge in [-0.05, 0) is 50.2 Å². The Kier molecular flexibility index (Phi) is 6.68. The Bertz CT molecular complexity index is 1240. The van der Waals surface area contributed by atoms with Crippen LogP contribution in [0.15, 0.2) is 46.2 Å². The molecule has 1 aliphatic rings. The normalized spacial score (nSPS) is 15.9. The minimum absolute atomic E-state index is 0.0184. The van der Waals surface area contributed by atoms with Gasteiger partial charge in [0, 0.05) is 31.7 Å². The van der Waals surface area contributed by atoms with Crippen LogP contribution in [0.25, 0.3) is 0 Å². The second-order valence-corrected chi connectivity index (χ2v) is 11.9. The summed E-state index contributed by atoms with van der Waals surface area (Å²) < 4.78 is 91.1. The smallest absolute Gasteiger partial charge is 0.253 e. The zero-order chi connectivity index (χ0) is 23.8. The summed E-state index contributed by atoms with van der Waals surface area (Å²) in [4.78, 5) is 13.2. The highest BCUT2D eigenvalue weighted by atomic mass is 32.2. The second-order valence-electron chi connectivity index (χ2n) is 7.49. The van der Waals surface area contributed by atoms with Crippen LogP contribution in [0.2, 0.25) is 0 Å². The van der Waals surface area contributed by atoms with E-state index in [-0.39, 0.29) is 36.6 Å². The van der Waals surface area contributed by atoms with Crippen LogP contribution in [0.3, 0.4) is 0 Å². The first-order chi connectivity index (χ1) is 14.9. The fraction of sp³-hybridized carbons (Fsp3) is 0.350. The maximum Gasteiger partial charge on any atom is 0.253 e. The predicted octanol–water partition coefficient (Wildman–Crippen LogP) is 2.43. The summed E-state index contributed by atoms with van der Waals surface area (Å²) in [6.45, 7) is 2.71. The van der Waals surface area contributed by atoms with E-state index < -0.39 is 53.4 Å². The predicted molar refractivity (Wildman–Crippen MR) is 110 cm³/mol. The molecular weight excluding hydrogens is 469 g/mol. The van der Waals surface area contributed by atoms with Gasteiger partial charge in [0.25, 0.3) is 5.91 Å². The minimum atomic E-state index is -4.43. The van der Waals surface area contributed by atoms with E-state index in [1.807, 2.05) is 0 Å². The quantitative estimate of drug-likeness (QED) is 0.601. The molecule has 12 heteroatoms. The number of carbonyl (C=O) groups excluding carboxylic acids is 1. The lowest BCUT2D eigenvalue weighted by Crippen LogP contribution is -2.50. The average molecular weight is 491 g/mol. The van der Waals surface area contributed by atoms with Gasteiger partial charge in [0.2, 0.25) is 10.0 Å². The van der Waals surface area contributed by atoms with Gasteiger partial charge < -0.3 is 4.90 Å². The average Bonchev–Trinajstić information content (AvgIpc) is 2.77. The number of hydrogen-bond acceptors (Lipinski definition) is 5. The van der Waals surface area contributed by atoms with E-state index in [2.05, 4.69) is 0 Å². The first kappa shape index (κ1) is 24.2. The summed E-state index contributed by atoms with van der Waals surface area (Å²) >= 11 is 0. The third-order valence-corrected chi connectivity index (χ3v) is 9.28. The van der Waals surface area contributed by atoms with Gasteiger partial charge in [-0.15, -0.1) is 0 Å². The Morgan fingerprint density at radius 2 is 1.41 bits per heavy atom. The third kappa shape index (κ3) is 4.39. The molecule has 0 saturated carbocycles. The number of benzene rings is 2. The van der Waals surface area contributed by atoms with Crippen LogP contribution in [0.5, 0.6) is 0 Å². The zero-order valence-electron chi connectivity index (χ0n) is 17.3. The molecule has 0 N–H and O–H groups in total. The SMILES string of the molecule is CC(C)S(=O)(=O)c1ccc(C(=O)N2CCN(S(=O)(=O)c3ccc(F)c(F)c3F)CC2)cc1. The molecule has 1 aliphatic heterocycles. The van der Waals surface area contributed by atoms with E-state index in [0.29, 0.717) is 12.1 Å². The van der Waals surface area contributed by atoms with E-state index in [0.717, 1.165) is 4.31 Å². The topological polar surface area (TPSA) is 91.8 Å². The molecule has 174 valence electrons. The van der Waals surface area contributed by atoms with Crippen molar-refractivity contribution in [2.45, 2.75) is 28.9 Å². The fourth-order valence-electron chi connectivity index (χ4n) is 3.22. The molecule has 3 rings (SSSR count). The lowest BCUT2D eigenvalue weighted by atomic mass is 10.2. The van der Waals surface area contributed by atoms with Crippen molar-refractivity contribution in [1.29, 1.82) is 0 Å². The lowest BCUT2D eigenvalue weighted by Gasteiger charge is -2.34. The number of amides is 1. The van der Waals surface area contributed by atoms with Crippen molar-refractivity contribution < 1.29 is 34.8 Å². The monoisotopic (exact) mass is 490 g/mol. The number of hydrogen-bond donors (Lipinski definition) is 0. The molecule has 0 bridgehead atoms. The molecule has 0 aromatic heterocycles. The second kappa shape index (κ2) is 8.83. The Labute approximate surface area is 184 Å². The Balaban J connectivity index is 1.72. The van der Waals surface area contributed by atoms with Crippen LogP contribution >= 0.6 is 0 Å². The first-order valence-electron chi connectivity index (χ1n) is 9.64. The maximum absolute atomic E-state index is 14.0. The number of sulfonamides is 1. The number of sulfone groups is 1. The number of piperazine rings is 1. The summed E-state index contributed by atoms with van der Waals surface area (Å²) in [7, 11) is -7.91. The van der Waals surface area contributed by atoms with Crippen LogP contribution < -0.4 is 0 Å². The highest BCUT2D eigenvalue weighted by Gasteiger charge is 2.33. The molecule has 0 atom stereocenters. The Hall–Kier alpha value is -2.44. The molecule has 1 fully saturated rings. The molecule has 0 aliphatic carbocycles. The maximum atomic E-state index is 14.0. The fourth-order valence-corrected chi connectivity index (χ4v) is 5.76. The summed E-state index contributed by atoms with van der Waals surface area (Å²) in [5.41, 5.74) is 0.232. The summed E-state index contributed by atoms with van der Waals surface area (Å²) in [5.74, 6) is -5.58. The van der Waals surface area contributed by atoms with Gasteiger partial charge in [-0.2, -0.15) is 4.31 Å². The number of nitrogens with zero attached hydrogens (tertiary/aromatic N) is 2. The van der Waals surface area contributed by atoms with Crippen LogP contribution in [0.4, 0.5) is 13.2 Å². The zero-order valence-corrected chi connectivity index (χ0v) is 18.9. The van der Waals surface area contributed by atoms with Gasteiger partial charge in [0.15, 0.2) is 27.3 Å². The van der Waals surface area contributed by atoms with Crippen molar-refractivity contribution in [2.75, 3.05) is 26.2 Å². The van der Waals surface area contributed by atoms with Gasteiger partial charge in [-0.1, -0.05) is 0 Å². The number of rotatable bonds is 5. The van der Waals surface area contributed by atoms with Gasteiger partial charge in [0.1, 0.15) is 4.90 Å². The highest BCUT2D eigenvalue weighted by Crippen LogP contribution is 2.24. The van der Waals surface area contributed by atoms with Crippen LogP contribution in [0.1, 0.15) is 24.2 Å². The molecule has 0 spiro atoms.